The Kier molecular flexibility index (Phi) is 5.88. The van der Waals surface area contributed by atoms with Crippen molar-refractivity contribution in [1.82, 2.24) is 9.97 Å². The van der Waals surface area contributed by atoms with Gasteiger partial charge in [0.2, 0.25) is 0 Å². The Morgan fingerprint density at radius 1 is 1.16 bits per heavy atom. The number of ether oxygens (including phenoxy) is 1. The third-order valence-electron chi connectivity index (χ3n) is 4.74. The molecular formula is C20H17F3N4O3S. The third kappa shape index (κ3) is 4.37. The van der Waals surface area contributed by atoms with Crippen molar-refractivity contribution in [3.05, 3.63) is 53.5 Å². The van der Waals surface area contributed by atoms with E-state index in [9.17, 15) is 23.1 Å². The van der Waals surface area contributed by atoms with E-state index in [0.717, 1.165) is 24.1 Å². The second-order valence-corrected chi connectivity index (χ2v) is 7.99. The number of benzene rings is 2. The minimum atomic E-state index is -1.55. The zero-order chi connectivity index (χ0) is 22.1. The molecule has 1 fully saturated rings. The molecule has 0 saturated carbocycles. The van der Waals surface area contributed by atoms with E-state index in [2.05, 4.69) is 9.97 Å². The average molecular weight is 450 g/mol. The number of aromatic nitrogens is 2. The van der Waals surface area contributed by atoms with Crippen LogP contribution in [0.25, 0.3) is 11.0 Å². The van der Waals surface area contributed by atoms with Crippen LogP contribution in [-0.4, -0.2) is 54.4 Å². The first-order chi connectivity index (χ1) is 14.8. The molecule has 0 spiro atoms. The van der Waals surface area contributed by atoms with E-state index in [0.29, 0.717) is 48.8 Å². The summed E-state index contributed by atoms with van der Waals surface area (Å²) in [5.41, 5.74) is 1.15. The second-order valence-electron chi connectivity index (χ2n) is 6.79. The van der Waals surface area contributed by atoms with Gasteiger partial charge < -0.3 is 19.0 Å². The fourth-order valence-corrected chi connectivity index (χ4v) is 4.05. The molecule has 0 aliphatic carbocycles. The molecule has 1 aromatic heterocycles. The minimum absolute atomic E-state index is 0.0140. The number of carbonyl (C=O) groups is 1. The van der Waals surface area contributed by atoms with Crippen LogP contribution in [0, 0.1) is 17.5 Å². The maximum Gasteiger partial charge on any atom is 0.335 e. The van der Waals surface area contributed by atoms with Gasteiger partial charge in [0.15, 0.2) is 17.5 Å². The number of nitrogens with zero attached hydrogens (tertiary/aromatic N) is 4. The normalized spacial score (nSPS) is 14.1. The average Bonchev–Trinajstić information content (AvgIpc) is 2.76. The Morgan fingerprint density at radius 3 is 2.48 bits per heavy atom. The maximum absolute atomic E-state index is 13.6. The zero-order valence-electron chi connectivity index (χ0n) is 16.3. The molecule has 2 aromatic carbocycles. The van der Waals surface area contributed by atoms with Crippen molar-refractivity contribution in [2.75, 3.05) is 42.6 Å². The van der Waals surface area contributed by atoms with E-state index in [1.54, 1.807) is 13.2 Å². The molecule has 11 heteroatoms. The Labute approximate surface area is 179 Å². The summed E-state index contributed by atoms with van der Waals surface area (Å²) in [5, 5.41) is 9.47. The molecule has 0 atom stereocenters. The molecule has 4 rings (SSSR count). The predicted molar refractivity (Wildman–Crippen MR) is 110 cm³/mol. The lowest BCUT2D eigenvalue weighted by molar-refractivity contribution is 0.0697. The number of fused-ring (bicyclic) bond motifs is 1. The van der Waals surface area contributed by atoms with Crippen LogP contribution in [0.4, 0.5) is 24.7 Å². The van der Waals surface area contributed by atoms with Crippen molar-refractivity contribution in [1.29, 1.82) is 0 Å². The van der Waals surface area contributed by atoms with Crippen LogP contribution < -0.4 is 9.21 Å². The number of halogens is 3. The number of anilines is 2. The number of rotatable bonds is 5. The van der Waals surface area contributed by atoms with Gasteiger partial charge in [0.1, 0.15) is 11.3 Å². The first-order valence-corrected chi connectivity index (χ1v) is 10.0. The molecule has 1 saturated heterocycles. The number of aromatic carboxylic acids is 1. The Morgan fingerprint density at radius 2 is 1.84 bits per heavy atom. The summed E-state index contributed by atoms with van der Waals surface area (Å²) in [5.74, 6) is -4.72. The van der Waals surface area contributed by atoms with Crippen molar-refractivity contribution in [2.45, 2.75) is 4.90 Å². The molecule has 1 N–H and O–H groups in total. The smallest absolute Gasteiger partial charge is 0.335 e. The van der Waals surface area contributed by atoms with Crippen LogP contribution in [0.3, 0.4) is 0 Å². The predicted octanol–water partition coefficient (Wildman–Crippen LogP) is 3.73. The van der Waals surface area contributed by atoms with Crippen LogP contribution in [-0.2, 0) is 4.74 Å². The summed E-state index contributed by atoms with van der Waals surface area (Å²) in [6.45, 7) is 2.40. The molecular weight excluding hydrogens is 433 g/mol. The lowest BCUT2D eigenvalue weighted by Gasteiger charge is -2.28. The highest BCUT2D eigenvalue weighted by Gasteiger charge is 2.20. The number of hydrogen-bond donors (Lipinski definition) is 1. The van der Waals surface area contributed by atoms with Crippen LogP contribution in [0.2, 0.25) is 0 Å². The van der Waals surface area contributed by atoms with Crippen molar-refractivity contribution in [2.24, 2.45) is 0 Å². The monoisotopic (exact) mass is 450 g/mol. The van der Waals surface area contributed by atoms with Gasteiger partial charge >= 0.3 is 5.97 Å². The van der Waals surface area contributed by atoms with Crippen LogP contribution in [0.15, 0.2) is 35.4 Å². The van der Waals surface area contributed by atoms with Crippen molar-refractivity contribution >= 4 is 40.5 Å². The van der Waals surface area contributed by atoms with Crippen LogP contribution >= 0.6 is 11.9 Å². The number of morpholine rings is 1. The minimum Gasteiger partial charge on any atom is -0.478 e. The molecule has 0 radical (unpaired) electrons. The first-order valence-electron chi connectivity index (χ1n) is 9.26. The number of carboxylic acid groups (broad SMARTS) is 1. The maximum atomic E-state index is 13.6. The molecule has 162 valence electrons. The molecule has 0 amide bonds. The van der Waals surface area contributed by atoms with Gasteiger partial charge in [0.25, 0.3) is 0 Å². The molecule has 2 heterocycles. The van der Waals surface area contributed by atoms with Gasteiger partial charge in [0, 0.05) is 25.0 Å². The number of carboxylic acids is 1. The lowest BCUT2D eigenvalue weighted by atomic mass is 10.1. The quantitative estimate of drug-likeness (QED) is 0.466. The topological polar surface area (TPSA) is 78.8 Å². The summed E-state index contributed by atoms with van der Waals surface area (Å²) in [4.78, 5) is 22.7. The van der Waals surface area contributed by atoms with E-state index in [4.69, 9.17) is 4.74 Å². The van der Waals surface area contributed by atoms with E-state index in [-0.39, 0.29) is 10.5 Å². The molecule has 0 bridgehead atoms. The summed E-state index contributed by atoms with van der Waals surface area (Å²) in [6, 6.07) is 4.56. The van der Waals surface area contributed by atoms with E-state index in [1.165, 1.54) is 16.4 Å². The lowest BCUT2D eigenvalue weighted by Crippen LogP contribution is -2.36. The standard InChI is InChI=1S/C20H17F3N4O3S/c1-26(31-12-8-13(21)18(23)14(22)9-12)16-7-11(20(28)29)6-15-19(16)25-17(10-24-15)27-2-4-30-5-3-27/h6-10H,2-5H2,1H3,(H,28,29). The molecule has 1 aliphatic rings. The van der Waals surface area contributed by atoms with Gasteiger partial charge in [-0.25, -0.2) is 22.9 Å². The molecule has 0 unspecified atom stereocenters. The van der Waals surface area contributed by atoms with E-state index in [1.807, 2.05) is 4.90 Å². The SMILES string of the molecule is CN(Sc1cc(F)c(F)c(F)c1)c1cc(C(=O)O)cc2ncc(N3CCOCC3)nc12. The highest BCUT2D eigenvalue weighted by atomic mass is 32.2. The third-order valence-corrected chi connectivity index (χ3v) is 5.65. The van der Waals surface area contributed by atoms with Gasteiger partial charge in [-0.2, -0.15) is 0 Å². The molecule has 7 nitrogen and oxygen atoms in total. The van der Waals surface area contributed by atoms with Gasteiger partial charge in [-0.3, -0.25) is 4.98 Å². The van der Waals surface area contributed by atoms with Crippen molar-refractivity contribution in [3.8, 4) is 0 Å². The Bertz CT molecular complexity index is 1130. The highest BCUT2D eigenvalue weighted by Crippen LogP contribution is 2.34. The Hall–Kier alpha value is -3.05. The first kappa shape index (κ1) is 21.2. The van der Waals surface area contributed by atoms with Crippen molar-refractivity contribution in [3.63, 3.8) is 0 Å². The summed E-state index contributed by atoms with van der Waals surface area (Å²) >= 11 is 0.903. The fourth-order valence-electron chi connectivity index (χ4n) is 3.19. The van der Waals surface area contributed by atoms with Gasteiger partial charge in [-0.1, -0.05) is 0 Å². The zero-order valence-corrected chi connectivity index (χ0v) is 17.1. The van der Waals surface area contributed by atoms with Crippen LogP contribution in [0.5, 0.6) is 0 Å². The van der Waals surface area contributed by atoms with Crippen LogP contribution in [0.1, 0.15) is 10.4 Å². The largest absolute Gasteiger partial charge is 0.478 e. The Balaban J connectivity index is 1.76. The summed E-state index contributed by atoms with van der Waals surface area (Å²) in [7, 11) is 1.59. The van der Waals surface area contributed by atoms with Gasteiger partial charge in [-0.15, -0.1) is 0 Å². The second kappa shape index (κ2) is 8.60. The van der Waals surface area contributed by atoms with E-state index >= 15 is 0 Å². The van der Waals surface area contributed by atoms with Gasteiger partial charge in [0.05, 0.1) is 36.2 Å². The van der Waals surface area contributed by atoms with Crippen molar-refractivity contribution < 1.29 is 27.8 Å². The van der Waals surface area contributed by atoms with E-state index < -0.39 is 23.4 Å². The number of hydrogen-bond acceptors (Lipinski definition) is 7. The molecule has 31 heavy (non-hydrogen) atoms. The molecule has 3 aromatic rings. The fraction of sp³-hybridized carbons (Fsp3) is 0.250. The van der Waals surface area contributed by atoms with Gasteiger partial charge in [-0.05, 0) is 36.2 Å². The molecule has 1 aliphatic heterocycles. The summed E-state index contributed by atoms with van der Waals surface area (Å²) < 4.78 is 47.4. The highest BCUT2D eigenvalue weighted by molar-refractivity contribution is 8.00. The summed E-state index contributed by atoms with van der Waals surface area (Å²) in [6.07, 6.45) is 1.57.